The van der Waals surface area contributed by atoms with Gasteiger partial charge in [-0.2, -0.15) is 10.2 Å². The van der Waals surface area contributed by atoms with Gasteiger partial charge in [0.15, 0.2) is 0 Å². The van der Waals surface area contributed by atoms with E-state index in [1.807, 2.05) is 0 Å². The number of nitrogen functional groups attached to an aromatic ring is 1. The number of aromatic amines is 1. The van der Waals surface area contributed by atoms with E-state index in [0.29, 0.717) is 22.5 Å². The maximum Gasteiger partial charge on any atom is 0.283 e. The highest BCUT2D eigenvalue weighted by molar-refractivity contribution is 9.10. The van der Waals surface area contributed by atoms with Crippen molar-refractivity contribution in [3.63, 3.8) is 0 Å². The third-order valence-electron chi connectivity index (χ3n) is 2.52. The van der Waals surface area contributed by atoms with Gasteiger partial charge in [0.2, 0.25) is 0 Å². The van der Waals surface area contributed by atoms with Crippen molar-refractivity contribution in [3.8, 4) is 0 Å². The number of hydrogen-bond donors (Lipinski definition) is 4. The van der Waals surface area contributed by atoms with Gasteiger partial charge < -0.3 is 16.2 Å². The Labute approximate surface area is 116 Å². The van der Waals surface area contributed by atoms with Gasteiger partial charge in [-0.25, -0.2) is 4.68 Å². The molecule has 19 heavy (non-hydrogen) atoms. The van der Waals surface area contributed by atoms with Gasteiger partial charge in [-0.3, -0.25) is 9.89 Å². The molecule has 0 fully saturated rings. The topological polar surface area (TPSA) is 122 Å². The van der Waals surface area contributed by atoms with Crippen LogP contribution < -0.4 is 16.6 Å². The van der Waals surface area contributed by atoms with Crippen LogP contribution in [0.2, 0.25) is 0 Å². The quantitative estimate of drug-likeness (QED) is 0.608. The number of aliphatic hydroxyl groups excluding tert-OH is 1. The first-order valence-corrected chi connectivity index (χ1v) is 6.31. The lowest BCUT2D eigenvalue weighted by Gasteiger charge is -2.09. The molecule has 5 N–H and O–H groups in total. The maximum absolute atomic E-state index is 11.9. The maximum atomic E-state index is 11.9. The lowest BCUT2D eigenvalue weighted by Crippen LogP contribution is -2.25. The number of aliphatic hydroxyl groups is 1. The molecular formula is C10H13BrN6O2. The molecule has 0 bridgehead atoms. The number of aromatic nitrogens is 4. The molecule has 0 unspecified atom stereocenters. The van der Waals surface area contributed by atoms with E-state index in [-0.39, 0.29) is 18.7 Å². The predicted octanol–water partition coefficient (Wildman–Crippen LogP) is -0.0845. The number of H-pyrrole nitrogens is 1. The zero-order valence-electron chi connectivity index (χ0n) is 9.93. The number of nitrogens with two attached hydrogens (primary N) is 1. The Morgan fingerprint density at radius 3 is 2.95 bits per heavy atom. The monoisotopic (exact) mass is 328 g/mol. The fraction of sp³-hybridized carbons (Fsp3) is 0.300. The minimum Gasteiger partial charge on any atom is -0.394 e. The summed E-state index contributed by atoms with van der Waals surface area (Å²) < 4.78 is 1.54. The van der Waals surface area contributed by atoms with Crippen molar-refractivity contribution in [2.45, 2.75) is 13.1 Å². The summed E-state index contributed by atoms with van der Waals surface area (Å²) in [4.78, 5) is 11.9. The SMILES string of the molecule is Nc1[nH]ncc1CNc1cnn(CCO)c(=O)c1Br. The van der Waals surface area contributed by atoms with Crippen LogP contribution in [0, 0.1) is 0 Å². The minimum atomic E-state index is -0.306. The molecule has 2 heterocycles. The largest absolute Gasteiger partial charge is 0.394 e. The van der Waals surface area contributed by atoms with Gasteiger partial charge >= 0.3 is 0 Å². The number of hydrogen-bond acceptors (Lipinski definition) is 6. The van der Waals surface area contributed by atoms with Crippen molar-refractivity contribution in [1.82, 2.24) is 20.0 Å². The smallest absolute Gasteiger partial charge is 0.283 e. The molecule has 2 rings (SSSR count). The Morgan fingerprint density at radius 1 is 1.53 bits per heavy atom. The number of halogens is 1. The number of nitrogens with zero attached hydrogens (tertiary/aromatic N) is 3. The normalized spacial score (nSPS) is 10.6. The van der Waals surface area contributed by atoms with E-state index in [1.165, 1.54) is 10.9 Å². The van der Waals surface area contributed by atoms with Gasteiger partial charge in [-0.05, 0) is 15.9 Å². The van der Waals surface area contributed by atoms with Crippen LogP contribution in [-0.2, 0) is 13.1 Å². The summed E-state index contributed by atoms with van der Waals surface area (Å²) in [6, 6.07) is 0. The molecule has 8 nitrogen and oxygen atoms in total. The molecule has 0 spiro atoms. The van der Waals surface area contributed by atoms with E-state index < -0.39 is 0 Å². The molecule has 0 radical (unpaired) electrons. The van der Waals surface area contributed by atoms with Gasteiger partial charge in [-0.15, -0.1) is 0 Å². The molecule has 0 aromatic carbocycles. The zero-order valence-corrected chi connectivity index (χ0v) is 11.5. The van der Waals surface area contributed by atoms with E-state index in [2.05, 4.69) is 36.5 Å². The van der Waals surface area contributed by atoms with E-state index in [0.717, 1.165) is 5.56 Å². The van der Waals surface area contributed by atoms with Crippen LogP contribution >= 0.6 is 15.9 Å². The molecule has 9 heteroatoms. The second-order valence-electron chi connectivity index (χ2n) is 3.79. The van der Waals surface area contributed by atoms with Crippen molar-refractivity contribution in [2.75, 3.05) is 17.7 Å². The predicted molar refractivity (Wildman–Crippen MR) is 73.6 cm³/mol. The molecule has 0 amide bonds. The zero-order chi connectivity index (χ0) is 13.8. The Morgan fingerprint density at radius 2 is 2.32 bits per heavy atom. The molecule has 0 aliphatic heterocycles. The fourth-order valence-corrected chi connectivity index (χ4v) is 1.94. The minimum absolute atomic E-state index is 0.141. The average Bonchev–Trinajstić information content (AvgIpc) is 2.80. The van der Waals surface area contributed by atoms with Crippen molar-refractivity contribution >= 4 is 27.4 Å². The van der Waals surface area contributed by atoms with Crippen molar-refractivity contribution in [2.24, 2.45) is 0 Å². The van der Waals surface area contributed by atoms with Crippen LogP contribution in [0.3, 0.4) is 0 Å². The Balaban J connectivity index is 2.16. The van der Waals surface area contributed by atoms with Crippen LogP contribution in [-0.4, -0.2) is 31.7 Å². The van der Waals surface area contributed by atoms with Crippen LogP contribution in [0.5, 0.6) is 0 Å². The summed E-state index contributed by atoms with van der Waals surface area (Å²) in [7, 11) is 0. The first-order valence-electron chi connectivity index (χ1n) is 5.51. The standard InChI is InChI=1S/C10H13BrN6O2/c11-8-7(5-15-17(1-2-18)10(8)19)13-3-6-4-14-16-9(6)12/h4-5,13,18H,1-3H2,(H3,12,14,16). The Bertz CT molecular complexity index is 623. The van der Waals surface area contributed by atoms with Gasteiger partial charge in [0.05, 0.1) is 31.2 Å². The van der Waals surface area contributed by atoms with Crippen molar-refractivity contribution in [3.05, 3.63) is 32.8 Å². The van der Waals surface area contributed by atoms with Crippen LogP contribution in [0.1, 0.15) is 5.56 Å². The average molecular weight is 329 g/mol. The van der Waals surface area contributed by atoms with Crippen LogP contribution in [0.25, 0.3) is 0 Å². The second-order valence-corrected chi connectivity index (χ2v) is 4.58. The lowest BCUT2D eigenvalue weighted by atomic mass is 10.3. The molecule has 2 aromatic heterocycles. The lowest BCUT2D eigenvalue weighted by molar-refractivity contribution is 0.266. The molecule has 0 saturated carbocycles. The Kier molecular flexibility index (Phi) is 4.17. The summed E-state index contributed by atoms with van der Waals surface area (Å²) in [5.41, 5.74) is 6.70. The van der Waals surface area contributed by atoms with Crippen LogP contribution in [0.15, 0.2) is 21.7 Å². The summed E-state index contributed by atoms with van der Waals surface area (Å²) in [6.07, 6.45) is 3.12. The second kappa shape index (κ2) is 5.85. The fourth-order valence-electron chi connectivity index (χ4n) is 1.49. The summed E-state index contributed by atoms with van der Waals surface area (Å²) >= 11 is 3.21. The molecular weight excluding hydrogens is 316 g/mol. The molecule has 0 aliphatic rings. The molecule has 0 saturated heterocycles. The van der Waals surface area contributed by atoms with Gasteiger partial charge in [0.25, 0.3) is 5.56 Å². The van der Waals surface area contributed by atoms with E-state index in [9.17, 15) is 4.79 Å². The molecule has 0 aliphatic carbocycles. The number of anilines is 2. The summed E-state index contributed by atoms with van der Waals surface area (Å²) in [5.74, 6) is 0.477. The third-order valence-corrected chi connectivity index (χ3v) is 3.28. The van der Waals surface area contributed by atoms with Crippen molar-refractivity contribution in [1.29, 1.82) is 0 Å². The summed E-state index contributed by atoms with van der Waals surface area (Å²) in [5, 5.41) is 22.2. The van der Waals surface area contributed by atoms with Gasteiger partial charge in [0.1, 0.15) is 10.3 Å². The first-order chi connectivity index (χ1) is 9.13. The van der Waals surface area contributed by atoms with Crippen LogP contribution in [0.4, 0.5) is 11.5 Å². The molecule has 0 atom stereocenters. The number of nitrogens with one attached hydrogen (secondary N) is 2. The van der Waals surface area contributed by atoms with E-state index in [4.69, 9.17) is 10.8 Å². The third kappa shape index (κ3) is 2.93. The summed E-state index contributed by atoms with van der Waals surface area (Å²) in [6.45, 7) is 0.441. The van der Waals surface area contributed by atoms with Gasteiger partial charge in [0, 0.05) is 12.1 Å². The van der Waals surface area contributed by atoms with E-state index in [1.54, 1.807) is 6.20 Å². The number of rotatable bonds is 5. The van der Waals surface area contributed by atoms with Crippen molar-refractivity contribution < 1.29 is 5.11 Å². The van der Waals surface area contributed by atoms with Gasteiger partial charge in [-0.1, -0.05) is 0 Å². The highest BCUT2D eigenvalue weighted by Gasteiger charge is 2.09. The van der Waals surface area contributed by atoms with E-state index >= 15 is 0 Å². The first kappa shape index (κ1) is 13.6. The highest BCUT2D eigenvalue weighted by atomic mass is 79.9. The molecule has 102 valence electrons. The highest BCUT2D eigenvalue weighted by Crippen LogP contribution is 2.18. The molecule has 2 aromatic rings. The Hall–Kier alpha value is -1.87.